The van der Waals surface area contributed by atoms with Crippen LogP contribution in [-0.2, 0) is 13.1 Å². The van der Waals surface area contributed by atoms with Crippen molar-refractivity contribution < 1.29 is 18.4 Å². The van der Waals surface area contributed by atoms with E-state index in [2.05, 4.69) is 15.0 Å². The predicted octanol–water partition coefficient (Wildman–Crippen LogP) is 3.92. The highest BCUT2D eigenvalue weighted by molar-refractivity contribution is 5.65. The van der Waals surface area contributed by atoms with Crippen molar-refractivity contribution in [2.45, 2.75) is 20.0 Å². The molecule has 7 heteroatoms. The molecular weight excluding hydrogens is 349 g/mol. The van der Waals surface area contributed by atoms with Crippen molar-refractivity contribution in [3.63, 3.8) is 0 Å². The summed E-state index contributed by atoms with van der Waals surface area (Å²) in [7, 11) is 3.18. The highest BCUT2D eigenvalue weighted by Crippen LogP contribution is 2.31. The molecule has 0 atom stereocenters. The number of aromatic nitrogens is 2. The molecule has 1 aromatic heterocycles. The Hall–Kier alpha value is -2.93. The van der Waals surface area contributed by atoms with Crippen molar-refractivity contribution >= 4 is 0 Å². The molecule has 3 rings (SSSR count). The Morgan fingerprint density at radius 2 is 1.93 bits per heavy atom. The van der Waals surface area contributed by atoms with Crippen LogP contribution in [0.1, 0.15) is 18.4 Å². The molecule has 0 spiro atoms. The molecular formula is C20H22FN3O3. The number of hydrogen-bond acceptors (Lipinski definition) is 6. The molecule has 27 heavy (non-hydrogen) atoms. The molecule has 0 aliphatic carbocycles. The second-order valence-corrected chi connectivity index (χ2v) is 6.01. The molecule has 3 aromatic rings. The third-order valence-electron chi connectivity index (χ3n) is 4.22. The summed E-state index contributed by atoms with van der Waals surface area (Å²) in [6.07, 6.45) is 0. The molecule has 2 aromatic carbocycles. The van der Waals surface area contributed by atoms with Gasteiger partial charge in [0.05, 0.1) is 26.3 Å². The average molecular weight is 371 g/mol. The number of methoxy groups -OCH3 is 2. The molecule has 0 fully saturated rings. The Balaban J connectivity index is 1.75. The van der Waals surface area contributed by atoms with Crippen LogP contribution in [0.2, 0.25) is 0 Å². The zero-order valence-electron chi connectivity index (χ0n) is 15.6. The normalized spacial score (nSPS) is 11.0. The first-order valence-electron chi connectivity index (χ1n) is 8.64. The minimum absolute atomic E-state index is 0.241. The van der Waals surface area contributed by atoms with Gasteiger partial charge in [0, 0.05) is 12.6 Å². The predicted molar refractivity (Wildman–Crippen MR) is 99.0 cm³/mol. The Bertz CT molecular complexity index is 898. The zero-order chi connectivity index (χ0) is 19.2. The lowest BCUT2D eigenvalue weighted by Gasteiger charge is -2.18. The maximum atomic E-state index is 13.4. The van der Waals surface area contributed by atoms with E-state index in [1.165, 1.54) is 12.1 Å². The first-order chi connectivity index (χ1) is 13.1. The SMILES string of the molecule is CCN(Cc1cccc(F)c1)Cc1nc(-c2ccc(OC)cc2OC)no1. The third-order valence-corrected chi connectivity index (χ3v) is 4.22. The van der Waals surface area contributed by atoms with Crippen molar-refractivity contribution in [1.29, 1.82) is 0 Å². The van der Waals surface area contributed by atoms with Crippen LogP contribution in [0, 0.1) is 5.82 Å². The van der Waals surface area contributed by atoms with E-state index in [1.54, 1.807) is 26.4 Å². The zero-order valence-corrected chi connectivity index (χ0v) is 15.6. The smallest absolute Gasteiger partial charge is 0.241 e. The van der Waals surface area contributed by atoms with Gasteiger partial charge in [-0.1, -0.05) is 24.2 Å². The van der Waals surface area contributed by atoms with Crippen LogP contribution in [0.15, 0.2) is 47.0 Å². The lowest BCUT2D eigenvalue weighted by molar-refractivity contribution is 0.229. The van der Waals surface area contributed by atoms with E-state index in [0.717, 1.165) is 17.7 Å². The van der Waals surface area contributed by atoms with Gasteiger partial charge >= 0.3 is 0 Å². The molecule has 0 N–H and O–H groups in total. The van der Waals surface area contributed by atoms with Gasteiger partial charge in [-0.25, -0.2) is 4.39 Å². The van der Waals surface area contributed by atoms with Gasteiger partial charge in [0.1, 0.15) is 17.3 Å². The molecule has 1 heterocycles. The molecule has 0 aliphatic rings. The summed E-state index contributed by atoms with van der Waals surface area (Å²) in [6, 6.07) is 12.0. The molecule has 0 radical (unpaired) electrons. The molecule has 0 bridgehead atoms. The quantitative estimate of drug-likeness (QED) is 0.598. The summed E-state index contributed by atoms with van der Waals surface area (Å²) < 4.78 is 29.4. The summed E-state index contributed by atoms with van der Waals surface area (Å²) >= 11 is 0. The van der Waals surface area contributed by atoms with Gasteiger partial charge in [-0.3, -0.25) is 4.90 Å². The fourth-order valence-electron chi connectivity index (χ4n) is 2.78. The Morgan fingerprint density at radius 1 is 1.07 bits per heavy atom. The maximum absolute atomic E-state index is 13.4. The molecule has 0 saturated carbocycles. The van der Waals surface area contributed by atoms with Crippen LogP contribution < -0.4 is 9.47 Å². The van der Waals surface area contributed by atoms with Gasteiger partial charge in [0.2, 0.25) is 11.7 Å². The maximum Gasteiger partial charge on any atom is 0.241 e. The number of nitrogens with zero attached hydrogens (tertiary/aromatic N) is 3. The number of rotatable bonds is 8. The highest BCUT2D eigenvalue weighted by Gasteiger charge is 2.16. The second kappa shape index (κ2) is 8.64. The van der Waals surface area contributed by atoms with Crippen LogP contribution >= 0.6 is 0 Å². The van der Waals surface area contributed by atoms with Gasteiger partial charge in [-0.05, 0) is 36.4 Å². The molecule has 6 nitrogen and oxygen atoms in total. The van der Waals surface area contributed by atoms with E-state index in [-0.39, 0.29) is 5.82 Å². The lowest BCUT2D eigenvalue weighted by atomic mass is 10.2. The minimum Gasteiger partial charge on any atom is -0.497 e. The fourth-order valence-corrected chi connectivity index (χ4v) is 2.78. The standard InChI is InChI=1S/C20H22FN3O3/c1-4-24(12-14-6-5-7-15(21)10-14)13-19-22-20(23-27-19)17-9-8-16(25-2)11-18(17)26-3/h5-11H,4,12-13H2,1-3H3. The Morgan fingerprint density at radius 3 is 2.63 bits per heavy atom. The number of hydrogen-bond donors (Lipinski definition) is 0. The number of halogens is 1. The highest BCUT2D eigenvalue weighted by atomic mass is 19.1. The molecule has 0 unspecified atom stereocenters. The average Bonchev–Trinajstić information content (AvgIpc) is 3.15. The van der Waals surface area contributed by atoms with E-state index in [4.69, 9.17) is 14.0 Å². The van der Waals surface area contributed by atoms with Crippen molar-refractivity contribution in [3.8, 4) is 22.9 Å². The van der Waals surface area contributed by atoms with Crippen molar-refractivity contribution in [3.05, 3.63) is 59.7 Å². The third kappa shape index (κ3) is 4.62. The van der Waals surface area contributed by atoms with E-state index in [1.807, 2.05) is 25.1 Å². The van der Waals surface area contributed by atoms with Gasteiger partial charge in [-0.15, -0.1) is 0 Å². The summed E-state index contributed by atoms with van der Waals surface area (Å²) in [5.41, 5.74) is 1.62. The van der Waals surface area contributed by atoms with Crippen molar-refractivity contribution in [1.82, 2.24) is 15.0 Å². The second-order valence-electron chi connectivity index (χ2n) is 6.01. The summed E-state index contributed by atoms with van der Waals surface area (Å²) in [6.45, 7) is 3.86. The van der Waals surface area contributed by atoms with Crippen molar-refractivity contribution in [2.24, 2.45) is 0 Å². The first-order valence-corrected chi connectivity index (χ1v) is 8.64. The van der Waals surface area contributed by atoms with E-state index >= 15 is 0 Å². The van der Waals surface area contributed by atoms with Crippen LogP contribution in [-0.4, -0.2) is 35.8 Å². The van der Waals surface area contributed by atoms with Crippen LogP contribution in [0.3, 0.4) is 0 Å². The Kier molecular flexibility index (Phi) is 6.03. The number of benzene rings is 2. The van der Waals surface area contributed by atoms with E-state index in [0.29, 0.717) is 36.3 Å². The van der Waals surface area contributed by atoms with Gasteiger partial charge in [0.25, 0.3) is 0 Å². The molecule has 0 amide bonds. The van der Waals surface area contributed by atoms with Crippen molar-refractivity contribution in [2.75, 3.05) is 20.8 Å². The Labute approximate surface area is 157 Å². The van der Waals surface area contributed by atoms with Crippen LogP contribution in [0.25, 0.3) is 11.4 Å². The minimum atomic E-state index is -0.241. The topological polar surface area (TPSA) is 60.6 Å². The van der Waals surface area contributed by atoms with Crippen LogP contribution in [0.5, 0.6) is 11.5 Å². The summed E-state index contributed by atoms with van der Waals surface area (Å²) in [5.74, 6) is 1.99. The fraction of sp³-hybridized carbons (Fsp3) is 0.300. The molecule has 0 aliphatic heterocycles. The van der Waals surface area contributed by atoms with Gasteiger partial charge in [0.15, 0.2) is 0 Å². The molecule has 0 saturated heterocycles. The largest absolute Gasteiger partial charge is 0.497 e. The lowest BCUT2D eigenvalue weighted by Crippen LogP contribution is -2.22. The van der Waals surface area contributed by atoms with Crippen LogP contribution in [0.4, 0.5) is 4.39 Å². The van der Waals surface area contributed by atoms with E-state index in [9.17, 15) is 4.39 Å². The van der Waals surface area contributed by atoms with Gasteiger partial charge < -0.3 is 14.0 Å². The summed E-state index contributed by atoms with van der Waals surface area (Å²) in [4.78, 5) is 6.57. The number of ether oxygens (including phenoxy) is 2. The van der Waals surface area contributed by atoms with Gasteiger partial charge in [-0.2, -0.15) is 4.98 Å². The monoisotopic (exact) mass is 371 g/mol. The first kappa shape index (κ1) is 18.8. The molecule has 142 valence electrons. The summed E-state index contributed by atoms with van der Waals surface area (Å²) in [5, 5.41) is 4.07. The van der Waals surface area contributed by atoms with E-state index < -0.39 is 0 Å².